The van der Waals surface area contributed by atoms with Gasteiger partial charge in [0, 0.05) is 0 Å². The molecule has 0 saturated heterocycles. The van der Waals surface area contributed by atoms with Gasteiger partial charge in [-0.05, 0) is 28.1 Å². The first-order chi connectivity index (χ1) is 8.08. The molecular weight excluding hydrogens is 311 g/mol. The van der Waals surface area contributed by atoms with E-state index in [-0.39, 0.29) is 11.7 Å². The summed E-state index contributed by atoms with van der Waals surface area (Å²) in [5, 5.41) is 12.0. The lowest BCUT2D eigenvalue weighted by Crippen LogP contribution is -1.97. The van der Waals surface area contributed by atoms with Gasteiger partial charge >= 0.3 is 5.97 Å². The fourth-order valence-corrected chi connectivity index (χ4v) is 1.68. The summed E-state index contributed by atoms with van der Waals surface area (Å²) < 4.78 is 5.61. The number of anilines is 2. The van der Waals surface area contributed by atoms with E-state index in [1.165, 1.54) is 0 Å². The Hall–Kier alpha value is -1.53. The number of nitrogens with zero attached hydrogens (tertiary/aromatic N) is 1. The molecule has 0 aliphatic rings. The summed E-state index contributed by atoms with van der Waals surface area (Å²) in [5.41, 5.74) is 0.474. The standard InChI is InChI=1S/C10H6BrClN2O3/c11-8-5(12)2-1-3-6(8)13-10-14-7(4-17-10)9(15)16/h1-4H,(H,13,14)(H,15,16). The zero-order chi connectivity index (χ0) is 12.4. The zero-order valence-corrected chi connectivity index (χ0v) is 10.6. The van der Waals surface area contributed by atoms with Gasteiger partial charge in [0.25, 0.3) is 6.01 Å². The van der Waals surface area contributed by atoms with E-state index >= 15 is 0 Å². The Bertz CT molecular complexity index is 570. The highest BCUT2D eigenvalue weighted by molar-refractivity contribution is 9.10. The van der Waals surface area contributed by atoms with Crippen molar-refractivity contribution in [1.29, 1.82) is 0 Å². The minimum atomic E-state index is -1.15. The summed E-state index contributed by atoms with van der Waals surface area (Å²) in [7, 11) is 0. The first kappa shape index (κ1) is 11.9. The average Bonchev–Trinajstić information content (AvgIpc) is 2.73. The van der Waals surface area contributed by atoms with Crippen molar-refractivity contribution < 1.29 is 14.3 Å². The first-order valence-electron chi connectivity index (χ1n) is 4.48. The van der Waals surface area contributed by atoms with Crippen molar-refractivity contribution in [3.8, 4) is 0 Å². The van der Waals surface area contributed by atoms with E-state index in [0.717, 1.165) is 6.26 Å². The number of benzene rings is 1. The van der Waals surface area contributed by atoms with Gasteiger partial charge in [0.2, 0.25) is 0 Å². The number of aromatic carboxylic acids is 1. The average molecular weight is 318 g/mol. The number of aromatic nitrogens is 1. The predicted octanol–water partition coefficient (Wildman–Crippen LogP) is 3.53. The number of carbonyl (C=O) groups is 1. The summed E-state index contributed by atoms with van der Waals surface area (Å²) in [4.78, 5) is 14.3. The van der Waals surface area contributed by atoms with Crippen molar-refractivity contribution >= 4 is 45.2 Å². The molecule has 0 bridgehead atoms. The number of rotatable bonds is 3. The number of oxazole rings is 1. The molecule has 0 unspecified atom stereocenters. The molecule has 7 heteroatoms. The monoisotopic (exact) mass is 316 g/mol. The molecule has 5 nitrogen and oxygen atoms in total. The van der Waals surface area contributed by atoms with E-state index in [1.807, 2.05) is 0 Å². The normalized spacial score (nSPS) is 10.2. The van der Waals surface area contributed by atoms with Gasteiger partial charge in [-0.15, -0.1) is 0 Å². The zero-order valence-electron chi connectivity index (χ0n) is 8.28. The van der Waals surface area contributed by atoms with Crippen LogP contribution >= 0.6 is 27.5 Å². The molecule has 0 saturated carbocycles. The highest BCUT2D eigenvalue weighted by Crippen LogP contribution is 2.31. The highest BCUT2D eigenvalue weighted by atomic mass is 79.9. The van der Waals surface area contributed by atoms with Crippen LogP contribution in [-0.2, 0) is 0 Å². The number of halogens is 2. The number of nitrogens with one attached hydrogen (secondary N) is 1. The second kappa shape index (κ2) is 4.77. The van der Waals surface area contributed by atoms with Crippen molar-refractivity contribution in [2.75, 3.05) is 5.32 Å². The van der Waals surface area contributed by atoms with Crippen LogP contribution in [-0.4, -0.2) is 16.1 Å². The molecule has 2 rings (SSSR count). The molecular formula is C10H6BrClN2O3. The third kappa shape index (κ3) is 2.59. The van der Waals surface area contributed by atoms with Gasteiger partial charge in [-0.3, -0.25) is 0 Å². The largest absolute Gasteiger partial charge is 0.476 e. The van der Waals surface area contributed by atoms with Gasteiger partial charge < -0.3 is 14.8 Å². The molecule has 0 atom stereocenters. The summed E-state index contributed by atoms with van der Waals surface area (Å²) >= 11 is 9.20. The fraction of sp³-hybridized carbons (Fsp3) is 0. The minimum Gasteiger partial charge on any atom is -0.476 e. The lowest BCUT2D eigenvalue weighted by atomic mass is 10.3. The van der Waals surface area contributed by atoms with Crippen LogP contribution in [0.3, 0.4) is 0 Å². The van der Waals surface area contributed by atoms with E-state index in [1.54, 1.807) is 18.2 Å². The van der Waals surface area contributed by atoms with Gasteiger partial charge in [0.1, 0.15) is 6.26 Å². The summed E-state index contributed by atoms with van der Waals surface area (Å²) in [6.07, 6.45) is 1.06. The second-order valence-electron chi connectivity index (χ2n) is 3.07. The van der Waals surface area contributed by atoms with Crippen LogP contribution in [0.15, 0.2) is 33.4 Å². The maximum Gasteiger partial charge on any atom is 0.357 e. The highest BCUT2D eigenvalue weighted by Gasteiger charge is 2.11. The third-order valence-corrected chi connectivity index (χ3v) is 3.31. The molecule has 0 radical (unpaired) electrons. The van der Waals surface area contributed by atoms with Gasteiger partial charge in [-0.2, -0.15) is 4.98 Å². The Kier molecular flexibility index (Phi) is 3.35. The molecule has 0 aliphatic heterocycles. The van der Waals surface area contributed by atoms with Crippen molar-refractivity contribution in [3.63, 3.8) is 0 Å². The number of hydrogen-bond donors (Lipinski definition) is 2. The number of carboxylic acids is 1. The topological polar surface area (TPSA) is 75.4 Å². The van der Waals surface area contributed by atoms with Crippen LogP contribution in [0.4, 0.5) is 11.7 Å². The van der Waals surface area contributed by atoms with Crippen LogP contribution in [0, 0.1) is 0 Å². The van der Waals surface area contributed by atoms with Crippen LogP contribution < -0.4 is 5.32 Å². The third-order valence-electron chi connectivity index (χ3n) is 1.92. The number of carboxylic acid groups (broad SMARTS) is 1. The van der Waals surface area contributed by atoms with Gasteiger partial charge in [-0.1, -0.05) is 17.7 Å². The SMILES string of the molecule is O=C(O)c1coc(Nc2cccc(Cl)c2Br)n1. The quantitative estimate of drug-likeness (QED) is 0.905. The van der Waals surface area contributed by atoms with E-state index in [9.17, 15) is 4.79 Å². The maximum absolute atomic E-state index is 10.6. The summed E-state index contributed by atoms with van der Waals surface area (Å²) in [5.74, 6) is -1.15. The smallest absolute Gasteiger partial charge is 0.357 e. The summed E-state index contributed by atoms with van der Waals surface area (Å²) in [6, 6.07) is 5.30. The van der Waals surface area contributed by atoms with Crippen molar-refractivity contribution in [1.82, 2.24) is 4.98 Å². The van der Waals surface area contributed by atoms with Crippen LogP contribution in [0.5, 0.6) is 0 Å². The lowest BCUT2D eigenvalue weighted by Gasteiger charge is -2.05. The van der Waals surface area contributed by atoms with Crippen LogP contribution in [0.25, 0.3) is 0 Å². The van der Waals surface area contributed by atoms with Gasteiger partial charge in [0.15, 0.2) is 5.69 Å². The van der Waals surface area contributed by atoms with Crippen molar-refractivity contribution in [2.24, 2.45) is 0 Å². The molecule has 88 valence electrons. The maximum atomic E-state index is 10.6. The summed E-state index contributed by atoms with van der Waals surface area (Å²) in [6.45, 7) is 0. The molecule has 1 heterocycles. The Morgan fingerprint density at radius 2 is 2.29 bits per heavy atom. The minimum absolute atomic E-state index is 0.0883. The number of hydrogen-bond acceptors (Lipinski definition) is 4. The van der Waals surface area contributed by atoms with Crippen LogP contribution in [0.2, 0.25) is 5.02 Å². The molecule has 2 aromatic rings. The molecule has 1 aromatic heterocycles. The molecule has 0 amide bonds. The predicted molar refractivity (Wildman–Crippen MR) is 65.9 cm³/mol. The Morgan fingerprint density at radius 3 is 2.94 bits per heavy atom. The van der Waals surface area contributed by atoms with Crippen LogP contribution in [0.1, 0.15) is 10.5 Å². The Labute approximate surface area is 110 Å². The molecule has 1 aromatic carbocycles. The Balaban J connectivity index is 2.25. The molecule has 17 heavy (non-hydrogen) atoms. The molecule has 0 fully saturated rings. The van der Waals surface area contributed by atoms with Crippen molar-refractivity contribution in [2.45, 2.75) is 0 Å². The van der Waals surface area contributed by atoms with Crippen molar-refractivity contribution in [3.05, 3.63) is 39.7 Å². The van der Waals surface area contributed by atoms with E-state index in [4.69, 9.17) is 21.1 Å². The Morgan fingerprint density at radius 1 is 1.53 bits per heavy atom. The van der Waals surface area contributed by atoms with Gasteiger partial charge in [0.05, 0.1) is 15.2 Å². The van der Waals surface area contributed by atoms with E-state index < -0.39 is 5.97 Å². The lowest BCUT2D eigenvalue weighted by molar-refractivity contribution is 0.0690. The second-order valence-corrected chi connectivity index (χ2v) is 4.27. The molecule has 0 spiro atoms. The van der Waals surface area contributed by atoms with Gasteiger partial charge in [-0.25, -0.2) is 4.79 Å². The molecule has 2 N–H and O–H groups in total. The molecule has 0 aliphatic carbocycles. The fourth-order valence-electron chi connectivity index (χ4n) is 1.14. The first-order valence-corrected chi connectivity index (χ1v) is 5.65. The van der Waals surface area contributed by atoms with E-state index in [2.05, 4.69) is 26.2 Å². The van der Waals surface area contributed by atoms with E-state index in [0.29, 0.717) is 15.2 Å².